The van der Waals surface area contributed by atoms with Gasteiger partial charge < -0.3 is 19.7 Å². The first-order chi connectivity index (χ1) is 10.2. The Kier molecular flexibility index (Phi) is 8.34. The molecule has 21 heavy (non-hydrogen) atoms. The SMILES string of the molecule is CCNCc1c(C)nn(C)c1N(CCCOC)CCOC. The average Bonchev–Trinajstić information content (AvgIpc) is 2.74. The Morgan fingerprint density at radius 1 is 1.19 bits per heavy atom. The number of hydrogen-bond donors (Lipinski definition) is 1. The quantitative estimate of drug-likeness (QED) is 0.625. The van der Waals surface area contributed by atoms with Crippen molar-refractivity contribution >= 4 is 5.82 Å². The fraction of sp³-hybridized carbons (Fsp3) is 0.800. The van der Waals surface area contributed by atoms with Gasteiger partial charge in [-0.05, 0) is 19.9 Å². The van der Waals surface area contributed by atoms with Crippen molar-refractivity contribution in [3.8, 4) is 0 Å². The normalized spacial score (nSPS) is 11.1. The molecule has 0 unspecified atom stereocenters. The van der Waals surface area contributed by atoms with Gasteiger partial charge in [0.25, 0.3) is 0 Å². The number of nitrogens with one attached hydrogen (secondary N) is 1. The molecule has 1 aromatic heterocycles. The van der Waals surface area contributed by atoms with Crippen molar-refractivity contribution in [2.24, 2.45) is 7.05 Å². The van der Waals surface area contributed by atoms with Crippen LogP contribution in [-0.4, -0.2) is 56.8 Å². The molecule has 0 aliphatic carbocycles. The molecule has 122 valence electrons. The molecular formula is C15H30N4O2. The third kappa shape index (κ3) is 5.30. The van der Waals surface area contributed by atoms with Crippen molar-refractivity contribution in [2.75, 3.05) is 52.0 Å². The summed E-state index contributed by atoms with van der Waals surface area (Å²) in [4.78, 5) is 2.34. The summed E-state index contributed by atoms with van der Waals surface area (Å²) < 4.78 is 12.4. The van der Waals surface area contributed by atoms with Crippen LogP contribution < -0.4 is 10.2 Å². The lowest BCUT2D eigenvalue weighted by atomic mass is 10.2. The van der Waals surface area contributed by atoms with E-state index in [1.54, 1.807) is 14.2 Å². The molecule has 1 heterocycles. The van der Waals surface area contributed by atoms with E-state index in [0.29, 0.717) is 6.61 Å². The van der Waals surface area contributed by atoms with E-state index in [0.717, 1.165) is 44.9 Å². The van der Waals surface area contributed by atoms with Crippen LogP contribution in [0.2, 0.25) is 0 Å². The second kappa shape index (κ2) is 9.76. The van der Waals surface area contributed by atoms with Crippen LogP contribution in [0.3, 0.4) is 0 Å². The van der Waals surface area contributed by atoms with Gasteiger partial charge in [-0.2, -0.15) is 5.10 Å². The summed E-state index contributed by atoms with van der Waals surface area (Å²) in [5.74, 6) is 1.18. The zero-order valence-corrected chi connectivity index (χ0v) is 14.1. The van der Waals surface area contributed by atoms with E-state index >= 15 is 0 Å². The van der Waals surface area contributed by atoms with E-state index in [1.165, 1.54) is 11.4 Å². The smallest absolute Gasteiger partial charge is 0.131 e. The Bertz CT molecular complexity index is 407. The lowest BCUT2D eigenvalue weighted by molar-refractivity contribution is 0.190. The predicted molar refractivity (Wildman–Crippen MR) is 85.9 cm³/mol. The molecule has 0 fully saturated rings. The zero-order valence-electron chi connectivity index (χ0n) is 14.1. The molecule has 1 aromatic rings. The highest BCUT2D eigenvalue weighted by atomic mass is 16.5. The molecule has 0 radical (unpaired) electrons. The van der Waals surface area contributed by atoms with Crippen LogP contribution in [0.5, 0.6) is 0 Å². The number of ether oxygens (including phenoxy) is 2. The molecule has 0 atom stereocenters. The van der Waals surface area contributed by atoms with E-state index in [2.05, 4.69) is 29.2 Å². The highest BCUT2D eigenvalue weighted by Crippen LogP contribution is 2.23. The Hall–Kier alpha value is -1.11. The van der Waals surface area contributed by atoms with Crippen LogP contribution in [-0.2, 0) is 23.1 Å². The minimum atomic E-state index is 0.706. The maximum atomic E-state index is 5.25. The van der Waals surface area contributed by atoms with Gasteiger partial charge in [-0.1, -0.05) is 6.92 Å². The zero-order chi connectivity index (χ0) is 15.7. The third-order valence-corrected chi connectivity index (χ3v) is 3.51. The Balaban J connectivity index is 2.92. The first-order valence-electron chi connectivity index (χ1n) is 7.61. The van der Waals surface area contributed by atoms with Crippen LogP contribution in [0.4, 0.5) is 5.82 Å². The molecule has 0 aromatic carbocycles. The van der Waals surface area contributed by atoms with Gasteiger partial charge in [-0.25, -0.2) is 0 Å². The van der Waals surface area contributed by atoms with Gasteiger partial charge in [0.1, 0.15) is 5.82 Å². The van der Waals surface area contributed by atoms with Crippen molar-refractivity contribution in [3.63, 3.8) is 0 Å². The lowest BCUT2D eigenvalue weighted by Gasteiger charge is -2.26. The molecule has 0 saturated carbocycles. The molecule has 0 aliphatic rings. The molecule has 1 N–H and O–H groups in total. The van der Waals surface area contributed by atoms with Crippen molar-refractivity contribution in [2.45, 2.75) is 26.8 Å². The summed E-state index contributed by atoms with van der Waals surface area (Å²) >= 11 is 0. The van der Waals surface area contributed by atoms with E-state index in [9.17, 15) is 0 Å². The maximum Gasteiger partial charge on any atom is 0.131 e. The van der Waals surface area contributed by atoms with Crippen LogP contribution in [0, 0.1) is 6.92 Å². The lowest BCUT2D eigenvalue weighted by Crippen LogP contribution is -2.32. The minimum absolute atomic E-state index is 0.706. The highest BCUT2D eigenvalue weighted by Gasteiger charge is 2.18. The fourth-order valence-corrected chi connectivity index (χ4v) is 2.47. The monoisotopic (exact) mass is 298 g/mol. The standard InChI is InChI=1S/C15H30N4O2/c1-6-16-12-14-13(2)17-18(3)15(14)19(9-11-21-5)8-7-10-20-4/h16H,6-12H2,1-5H3. The van der Waals surface area contributed by atoms with Gasteiger partial charge in [0.05, 0.1) is 12.3 Å². The number of anilines is 1. The summed E-state index contributed by atoms with van der Waals surface area (Å²) in [7, 11) is 5.49. The summed E-state index contributed by atoms with van der Waals surface area (Å²) in [5, 5.41) is 7.99. The summed E-state index contributed by atoms with van der Waals surface area (Å²) in [6, 6.07) is 0. The van der Waals surface area contributed by atoms with Gasteiger partial charge in [0.15, 0.2) is 0 Å². The van der Waals surface area contributed by atoms with Gasteiger partial charge in [0, 0.05) is 53.1 Å². The summed E-state index contributed by atoms with van der Waals surface area (Å²) in [5.41, 5.74) is 2.36. The molecular weight excluding hydrogens is 268 g/mol. The predicted octanol–water partition coefficient (Wildman–Crippen LogP) is 1.33. The summed E-state index contributed by atoms with van der Waals surface area (Å²) in [6.07, 6.45) is 0.991. The maximum absolute atomic E-state index is 5.25. The molecule has 6 heteroatoms. The Labute approximate surface area is 128 Å². The van der Waals surface area contributed by atoms with Crippen molar-refractivity contribution in [3.05, 3.63) is 11.3 Å². The number of aromatic nitrogens is 2. The Morgan fingerprint density at radius 3 is 2.52 bits per heavy atom. The Morgan fingerprint density at radius 2 is 1.90 bits per heavy atom. The molecule has 0 amide bonds. The summed E-state index contributed by atoms with van der Waals surface area (Å²) in [6.45, 7) is 9.26. The molecule has 0 spiro atoms. The average molecular weight is 298 g/mol. The van der Waals surface area contributed by atoms with E-state index < -0.39 is 0 Å². The van der Waals surface area contributed by atoms with Crippen LogP contribution >= 0.6 is 0 Å². The van der Waals surface area contributed by atoms with Gasteiger partial charge >= 0.3 is 0 Å². The van der Waals surface area contributed by atoms with Gasteiger partial charge in [0.2, 0.25) is 0 Å². The molecule has 0 bridgehead atoms. The van der Waals surface area contributed by atoms with Crippen LogP contribution in [0.1, 0.15) is 24.6 Å². The third-order valence-electron chi connectivity index (χ3n) is 3.51. The second-order valence-corrected chi connectivity index (χ2v) is 5.12. The number of hydrogen-bond acceptors (Lipinski definition) is 5. The van der Waals surface area contributed by atoms with Crippen LogP contribution in [0.15, 0.2) is 0 Å². The van der Waals surface area contributed by atoms with Crippen molar-refractivity contribution in [1.82, 2.24) is 15.1 Å². The van der Waals surface area contributed by atoms with Gasteiger partial charge in [-0.3, -0.25) is 4.68 Å². The molecule has 6 nitrogen and oxygen atoms in total. The van der Waals surface area contributed by atoms with E-state index in [1.807, 2.05) is 11.7 Å². The first kappa shape index (κ1) is 17.9. The molecule has 1 rings (SSSR count). The van der Waals surface area contributed by atoms with Crippen molar-refractivity contribution < 1.29 is 9.47 Å². The first-order valence-corrected chi connectivity index (χ1v) is 7.61. The minimum Gasteiger partial charge on any atom is -0.385 e. The second-order valence-electron chi connectivity index (χ2n) is 5.12. The number of methoxy groups -OCH3 is 2. The van der Waals surface area contributed by atoms with Crippen molar-refractivity contribution in [1.29, 1.82) is 0 Å². The van der Waals surface area contributed by atoms with E-state index in [-0.39, 0.29) is 0 Å². The van der Waals surface area contributed by atoms with E-state index in [4.69, 9.17) is 9.47 Å². The fourth-order valence-electron chi connectivity index (χ4n) is 2.47. The number of rotatable bonds is 11. The number of nitrogens with zero attached hydrogens (tertiary/aromatic N) is 3. The molecule has 0 saturated heterocycles. The largest absolute Gasteiger partial charge is 0.385 e. The highest BCUT2D eigenvalue weighted by molar-refractivity contribution is 5.50. The van der Waals surface area contributed by atoms with Gasteiger partial charge in [-0.15, -0.1) is 0 Å². The van der Waals surface area contributed by atoms with Crippen LogP contribution in [0.25, 0.3) is 0 Å². The number of aryl methyl sites for hydroxylation is 2. The topological polar surface area (TPSA) is 51.6 Å². The molecule has 0 aliphatic heterocycles.